The van der Waals surface area contributed by atoms with Crippen molar-refractivity contribution in [1.29, 1.82) is 0 Å². The van der Waals surface area contributed by atoms with Gasteiger partial charge in [-0.1, -0.05) is 0 Å². The lowest BCUT2D eigenvalue weighted by Gasteiger charge is -2.37. The summed E-state index contributed by atoms with van der Waals surface area (Å²) in [4.78, 5) is 27.9. The molecule has 0 radical (unpaired) electrons. The number of carbonyl (C=O) groups excluding carboxylic acids is 2. The lowest BCUT2D eigenvalue weighted by molar-refractivity contribution is -0.127. The molecule has 6 heteroatoms. The lowest BCUT2D eigenvalue weighted by Crippen LogP contribution is -2.51. The van der Waals surface area contributed by atoms with E-state index in [1.807, 2.05) is 4.90 Å². The van der Waals surface area contributed by atoms with E-state index in [1.165, 1.54) is 38.5 Å². The van der Waals surface area contributed by atoms with Gasteiger partial charge in [0.25, 0.3) is 0 Å². The second kappa shape index (κ2) is 9.99. The van der Waals surface area contributed by atoms with Crippen LogP contribution in [0, 0.1) is 29.6 Å². The van der Waals surface area contributed by atoms with Crippen molar-refractivity contribution in [3.05, 3.63) is 0 Å². The largest absolute Gasteiger partial charge is 0.373 e. The van der Waals surface area contributed by atoms with Crippen LogP contribution in [0.15, 0.2) is 0 Å². The van der Waals surface area contributed by atoms with Crippen LogP contribution in [0.5, 0.6) is 0 Å². The average molecular weight is 474 g/mol. The summed E-state index contributed by atoms with van der Waals surface area (Å²) in [7, 11) is 0. The van der Waals surface area contributed by atoms with E-state index >= 15 is 0 Å². The topological polar surface area (TPSA) is 70.7 Å². The molecule has 5 unspecified atom stereocenters. The van der Waals surface area contributed by atoms with Gasteiger partial charge in [-0.25, -0.2) is 4.79 Å². The summed E-state index contributed by atoms with van der Waals surface area (Å²) in [6.07, 6.45) is 13.9. The van der Waals surface area contributed by atoms with E-state index in [0.29, 0.717) is 31.2 Å². The van der Waals surface area contributed by atoms with Gasteiger partial charge in [0.2, 0.25) is 5.91 Å². The quantitative estimate of drug-likeness (QED) is 0.612. The van der Waals surface area contributed by atoms with E-state index < -0.39 is 0 Å². The van der Waals surface area contributed by atoms with Crippen LogP contribution in [0.25, 0.3) is 0 Å². The molecule has 4 aliphatic carbocycles. The van der Waals surface area contributed by atoms with E-state index in [4.69, 9.17) is 4.74 Å². The first kappa shape index (κ1) is 24.4. The number of fused-ring (bicyclic) bond motifs is 2. The van der Waals surface area contributed by atoms with Crippen LogP contribution in [-0.4, -0.2) is 53.7 Å². The third-order valence-electron chi connectivity index (χ3n) is 9.60. The number of nitrogens with one attached hydrogen (secondary N) is 2. The van der Waals surface area contributed by atoms with E-state index in [-0.39, 0.29) is 29.5 Å². The lowest BCUT2D eigenvalue weighted by atomic mass is 9.77. The molecule has 6 nitrogen and oxygen atoms in total. The molecule has 2 N–H and O–H groups in total. The van der Waals surface area contributed by atoms with Gasteiger partial charge in [0, 0.05) is 31.1 Å². The first-order valence-corrected chi connectivity index (χ1v) is 14.3. The fraction of sp³-hybridized carbons (Fsp3) is 0.929. The van der Waals surface area contributed by atoms with Crippen LogP contribution in [0.2, 0.25) is 0 Å². The molecule has 0 aromatic rings. The third-order valence-corrected chi connectivity index (χ3v) is 9.60. The number of hydrogen-bond acceptors (Lipinski definition) is 3. The summed E-state index contributed by atoms with van der Waals surface area (Å²) >= 11 is 0. The maximum Gasteiger partial charge on any atom is 0.317 e. The molecule has 5 aliphatic rings. The molecule has 5 atom stereocenters. The fourth-order valence-electron chi connectivity index (χ4n) is 7.97. The summed E-state index contributed by atoms with van der Waals surface area (Å²) in [5, 5.41) is 6.74. The Bertz CT molecular complexity index is 734. The Morgan fingerprint density at radius 2 is 1.44 bits per heavy atom. The van der Waals surface area contributed by atoms with E-state index in [9.17, 15) is 9.59 Å². The van der Waals surface area contributed by atoms with E-state index in [0.717, 1.165) is 56.3 Å². The first-order chi connectivity index (χ1) is 16.2. The molecule has 3 amide bonds. The van der Waals surface area contributed by atoms with Gasteiger partial charge in [0.05, 0.1) is 11.7 Å². The number of rotatable bonds is 4. The molecule has 0 spiro atoms. The Hall–Kier alpha value is -1.30. The predicted octanol–water partition coefficient (Wildman–Crippen LogP) is 4.87. The summed E-state index contributed by atoms with van der Waals surface area (Å²) in [6, 6.07) is 0.686. The molecule has 5 rings (SSSR count). The van der Waals surface area contributed by atoms with E-state index in [2.05, 4.69) is 31.4 Å². The van der Waals surface area contributed by atoms with Crippen molar-refractivity contribution in [3.63, 3.8) is 0 Å². The number of carbonyl (C=O) groups is 2. The minimum atomic E-state index is -0.104. The monoisotopic (exact) mass is 473 g/mol. The summed E-state index contributed by atoms with van der Waals surface area (Å²) in [5.41, 5.74) is -0.104. The van der Waals surface area contributed by atoms with Crippen LogP contribution in [-0.2, 0) is 9.53 Å². The molecular formula is C28H47N3O3. The Morgan fingerprint density at radius 3 is 2.15 bits per heavy atom. The highest BCUT2D eigenvalue weighted by Gasteiger charge is 2.46. The summed E-state index contributed by atoms with van der Waals surface area (Å²) < 4.78 is 6.11. The van der Waals surface area contributed by atoms with Crippen molar-refractivity contribution in [1.82, 2.24) is 15.5 Å². The molecule has 4 saturated carbocycles. The molecule has 0 aromatic heterocycles. The van der Waals surface area contributed by atoms with Crippen molar-refractivity contribution in [3.8, 4) is 0 Å². The van der Waals surface area contributed by atoms with Crippen LogP contribution in [0.4, 0.5) is 4.79 Å². The number of hydrogen-bond donors (Lipinski definition) is 2. The highest BCUT2D eigenvalue weighted by Crippen LogP contribution is 2.53. The summed E-state index contributed by atoms with van der Waals surface area (Å²) in [5.74, 6) is 3.81. The molecule has 1 heterocycles. The van der Waals surface area contributed by atoms with Gasteiger partial charge in [-0.05, 0) is 121 Å². The molecule has 3 bridgehead atoms. The molecule has 34 heavy (non-hydrogen) atoms. The van der Waals surface area contributed by atoms with Gasteiger partial charge in [0.1, 0.15) is 0 Å². The molecular weight excluding hydrogens is 426 g/mol. The number of piperidine rings is 1. The van der Waals surface area contributed by atoms with Crippen molar-refractivity contribution < 1.29 is 14.3 Å². The fourth-order valence-corrected chi connectivity index (χ4v) is 7.97. The minimum Gasteiger partial charge on any atom is -0.373 e. The van der Waals surface area contributed by atoms with Crippen molar-refractivity contribution >= 4 is 11.9 Å². The van der Waals surface area contributed by atoms with Crippen LogP contribution in [0.1, 0.15) is 97.8 Å². The van der Waals surface area contributed by atoms with Crippen LogP contribution >= 0.6 is 0 Å². The molecule has 0 aromatic carbocycles. The normalized spacial score (nSPS) is 38.4. The van der Waals surface area contributed by atoms with Crippen molar-refractivity contribution in [2.24, 2.45) is 29.6 Å². The molecule has 5 fully saturated rings. The molecule has 1 saturated heterocycles. The van der Waals surface area contributed by atoms with E-state index in [1.54, 1.807) is 0 Å². The third kappa shape index (κ3) is 5.74. The highest BCUT2D eigenvalue weighted by molar-refractivity contribution is 5.80. The second-order valence-corrected chi connectivity index (χ2v) is 13.2. The Balaban J connectivity index is 1.03. The maximum atomic E-state index is 13.1. The predicted molar refractivity (Wildman–Crippen MR) is 133 cm³/mol. The van der Waals surface area contributed by atoms with Gasteiger partial charge in [0.15, 0.2) is 0 Å². The van der Waals surface area contributed by atoms with Crippen molar-refractivity contribution in [2.75, 3.05) is 13.1 Å². The molecule has 192 valence electrons. The Kier molecular flexibility index (Phi) is 7.17. The summed E-state index contributed by atoms with van der Waals surface area (Å²) in [6.45, 7) is 7.69. The van der Waals surface area contributed by atoms with Gasteiger partial charge in [-0.3, -0.25) is 4.79 Å². The highest BCUT2D eigenvalue weighted by atomic mass is 16.5. The Morgan fingerprint density at radius 1 is 0.765 bits per heavy atom. The number of likely N-dealkylation sites (tertiary alicyclic amines) is 1. The zero-order chi connectivity index (χ0) is 23.9. The zero-order valence-corrected chi connectivity index (χ0v) is 21.7. The SMILES string of the molecule is CC(C)(C)OC1CCC(NC(=O)N2CCC(C(=O)NC3CCC4CC5CC4CC3C5)CC2)CC1. The number of urea groups is 1. The first-order valence-electron chi connectivity index (χ1n) is 14.3. The second-order valence-electron chi connectivity index (χ2n) is 13.2. The smallest absolute Gasteiger partial charge is 0.317 e. The number of nitrogens with zero attached hydrogens (tertiary/aromatic N) is 1. The standard InChI is InChI=1S/C28H47N3O3/c1-28(2,3)34-24-7-5-23(6-8-24)29-27(33)31-12-10-19(11-13-31)26(32)30-25-9-4-20-14-18-15-21(20)17-22(25)16-18/h18-25H,4-17H2,1-3H3,(H,29,33)(H,30,32). The average Bonchev–Trinajstić information content (AvgIpc) is 3.02. The van der Waals surface area contributed by atoms with Gasteiger partial charge < -0.3 is 20.3 Å². The van der Waals surface area contributed by atoms with Crippen LogP contribution < -0.4 is 10.6 Å². The van der Waals surface area contributed by atoms with Gasteiger partial charge in [-0.15, -0.1) is 0 Å². The molecule has 1 aliphatic heterocycles. The number of ether oxygens (including phenoxy) is 1. The van der Waals surface area contributed by atoms with Crippen molar-refractivity contribution in [2.45, 2.75) is 122 Å². The maximum absolute atomic E-state index is 13.1. The van der Waals surface area contributed by atoms with Gasteiger partial charge >= 0.3 is 6.03 Å². The van der Waals surface area contributed by atoms with Crippen LogP contribution in [0.3, 0.4) is 0 Å². The Labute approximate surface area is 206 Å². The minimum absolute atomic E-state index is 0.0512. The van der Waals surface area contributed by atoms with Gasteiger partial charge in [-0.2, -0.15) is 0 Å². The zero-order valence-electron chi connectivity index (χ0n) is 21.7. The number of amides is 3.